The van der Waals surface area contributed by atoms with Crippen LogP contribution < -0.4 is 0 Å². The zero-order valence-corrected chi connectivity index (χ0v) is 11.0. The largest absolute Gasteiger partial charge is 0.389 e. The maximum atomic E-state index is 10.6. The van der Waals surface area contributed by atoms with E-state index in [-0.39, 0.29) is 0 Å². The summed E-state index contributed by atoms with van der Waals surface area (Å²) in [7, 11) is 2.12. The Bertz CT molecular complexity index is 366. The van der Waals surface area contributed by atoms with Gasteiger partial charge in [-0.1, -0.05) is 0 Å². The Balaban J connectivity index is 2.03. The number of hydrogen-bond donors (Lipinski definition) is 1. The summed E-state index contributed by atoms with van der Waals surface area (Å²) in [4.78, 5) is 6.75. The maximum Gasteiger partial charge on any atom is 0.0897 e. The van der Waals surface area contributed by atoms with E-state index in [1.54, 1.807) is 11.3 Å². The molecule has 1 aromatic rings. The van der Waals surface area contributed by atoms with Crippen LogP contribution in [0.4, 0.5) is 0 Å². The van der Waals surface area contributed by atoms with Crippen molar-refractivity contribution in [2.24, 2.45) is 0 Å². The fourth-order valence-corrected chi connectivity index (χ4v) is 3.01. The van der Waals surface area contributed by atoms with Crippen LogP contribution in [-0.2, 0) is 6.42 Å². The molecule has 3 nitrogen and oxygen atoms in total. The third-order valence-electron chi connectivity index (χ3n) is 3.53. The molecule has 1 aliphatic heterocycles. The summed E-state index contributed by atoms with van der Waals surface area (Å²) in [5, 5.41) is 13.7. The number of aryl methyl sites for hydroxylation is 1. The van der Waals surface area contributed by atoms with Gasteiger partial charge < -0.3 is 10.0 Å². The van der Waals surface area contributed by atoms with Crippen LogP contribution in [0, 0.1) is 6.92 Å². The van der Waals surface area contributed by atoms with E-state index in [1.165, 1.54) is 0 Å². The minimum atomic E-state index is -0.549. The number of aliphatic hydroxyl groups is 1. The molecule has 0 amide bonds. The van der Waals surface area contributed by atoms with Gasteiger partial charge in [0.25, 0.3) is 0 Å². The molecule has 16 heavy (non-hydrogen) atoms. The first-order valence-electron chi connectivity index (χ1n) is 5.82. The van der Waals surface area contributed by atoms with Crippen molar-refractivity contribution in [2.45, 2.75) is 44.8 Å². The fraction of sp³-hybridized carbons (Fsp3) is 0.750. The van der Waals surface area contributed by atoms with E-state index in [9.17, 15) is 5.11 Å². The summed E-state index contributed by atoms with van der Waals surface area (Å²) in [5.74, 6) is 0. The van der Waals surface area contributed by atoms with Gasteiger partial charge in [0.05, 0.1) is 16.3 Å². The van der Waals surface area contributed by atoms with Gasteiger partial charge in [0.2, 0.25) is 0 Å². The monoisotopic (exact) mass is 240 g/mol. The van der Waals surface area contributed by atoms with Gasteiger partial charge in [-0.25, -0.2) is 4.98 Å². The molecule has 0 radical (unpaired) electrons. The van der Waals surface area contributed by atoms with Gasteiger partial charge in [-0.2, -0.15) is 0 Å². The van der Waals surface area contributed by atoms with Crippen molar-refractivity contribution in [1.82, 2.24) is 9.88 Å². The number of hydrogen-bond acceptors (Lipinski definition) is 4. The zero-order chi connectivity index (χ0) is 11.8. The van der Waals surface area contributed by atoms with Crippen LogP contribution in [0.3, 0.4) is 0 Å². The van der Waals surface area contributed by atoms with Crippen LogP contribution in [0.15, 0.2) is 5.38 Å². The van der Waals surface area contributed by atoms with Crippen LogP contribution in [0.1, 0.15) is 30.5 Å². The van der Waals surface area contributed by atoms with Crippen LogP contribution in [-0.4, -0.2) is 40.2 Å². The highest BCUT2D eigenvalue weighted by Gasteiger charge is 2.35. The molecule has 1 fully saturated rings. The lowest BCUT2D eigenvalue weighted by Gasteiger charge is -2.40. The van der Waals surface area contributed by atoms with Crippen molar-refractivity contribution < 1.29 is 5.11 Å². The second-order valence-corrected chi connectivity index (χ2v) is 6.10. The SMILES string of the molecule is Cc1nc(CC2(O)CCN(C)C(C)C2)cs1. The quantitative estimate of drug-likeness (QED) is 0.857. The molecule has 2 heterocycles. The number of likely N-dealkylation sites (tertiary alicyclic amines) is 1. The normalized spacial score (nSPS) is 31.9. The first-order chi connectivity index (χ1) is 7.48. The molecule has 0 bridgehead atoms. The molecule has 90 valence electrons. The number of piperidine rings is 1. The molecule has 2 unspecified atom stereocenters. The Kier molecular flexibility index (Phi) is 3.33. The Hall–Kier alpha value is -0.450. The lowest BCUT2D eigenvalue weighted by Crippen LogP contribution is -2.48. The Labute approximate surface area is 101 Å². The lowest BCUT2D eigenvalue weighted by molar-refractivity contribution is -0.0358. The second kappa shape index (κ2) is 4.43. The fourth-order valence-electron chi connectivity index (χ4n) is 2.40. The Morgan fingerprint density at radius 3 is 3.00 bits per heavy atom. The molecule has 4 heteroatoms. The topological polar surface area (TPSA) is 36.4 Å². The van der Waals surface area contributed by atoms with Gasteiger partial charge in [0, 0.05) is 24.4 Å². The molecule has 1 N–H and O–H groups in total. The molecule has 0 spiro atoms. The molecule has 1 saturated heterocycles. The summed E-state index contributed by atoms with van der Waals surface area (Å²) in [6.45, 7) is 5.16. The Morgan fingerprint density at radius 2 is 2.44 bits per heavy atom. The van der Waals surface area contributed by atoms with E-state index in [4.69, 9.17) is 0 Å². The van der Waals surface area contributed by atoms with Crippen molar-refractivity contribution in [3.8, 4) is 0 Å². The third-order valence-corrected chi connectivity index (χ3v) is 4.36. The number of aromatic nitrogens is 1. The highest BCUT2D eigenvalue weighted by molar-refractivity contribution is 7.09. The van der Waals surface area contributed by atoms with Gasteiger partial charge in [-0.15, -0.1) is 11.3 Å². The predicted octanol–water partition coefficient (Wildman–Crippen LogP) is 1.84. The van der Waals surface area contributed by atoms with Crippen molar-refractivity contribution in [3.63, 3.8) is 0 Å². The first-order valence-corrected chi connectivity index (χ1v) is 6.70. The summed E-state index contributed by atoms with van der Waals surface area (Å²) in [6.07, 6.45) is 2.40. The van der Waals surface area contributed by atoms with Gasteiger partial charge in [-0.3, -0.25) is 0 Å². The summed E-state index contributed by atoms with van der Waals surface area (Å²) < 4.78 is 0. The van der Waals surface area contributed by atoms with Crippen molar-refractivity contribution in [1.29, 1.82) is 0 Å². The van der Waals surface area contributed by atoms with Crippen LogP contribution in [0.5, 0.6) is 0 Å². The van der Waals surface area contributed by atoms with E-state index < -0.39 is 5.60 Å². The molecular formula is C12H20N2OS. The minimum Gasteiger partial charge on any atom is -0.389 e. The molecular weight excluding hydrogens is 220 g/mol. The Morgan fingerprint density at radius 1 is 1.69 bits per heavy atom. The van der Waals surface area contributed by atoms with Crippen LogP contribution in [0.2, 0.25) is 0 Å². The molecule has 0 saturated carbocycles. The van der Waals surface area contributed by atoms with E-state index in [0.717, 1.165) is 30.1 Å². The van der Waals surface area contributed by atoms with Crippen LogP contribution >= 0.6 is 11.3 Å². The molecule has 0 aliphatic carbocycles. The summed E-state index contributed by atoms with van der Waals surface area (Å²) in [6, 6.07) is 0.457. The maximum absolute atomic E-state index is 10.6. The molecule has 1 aliphatic rings. The standard InChI is InChI=1S/C12H20N2OS/c1-9-6-12(15,4-5-14(9)3)7-11-8-16-10(2)13-11/h8-9,15H,4-7H2,1-3H3. The molecule has 0 aromatic carbocycles. The summed E-state index contributed by atoms with van der Waals surface area (Å²) >= 11 is 1.66. The highest BCUT2D eigenvalue weighted by atomic mass is 32.1. The number of nitrogens with zero attached hydrogens (tertiary/aromatic N) is 2. The highest BCUT2D eigenvalue weighted by Crippen LogP contribution is 2.29. The van der Waals surface area contributed by atoms with Gasteiger partial charge in [-0.05, 0) is 33.7 Å². The lowest BCUT2D eigenvalue weighted by atomic mass is 9.84. The van der Waals surface area contributed by atoms with Gasteiger partial charge in [0.1, 0.15) is 0 Å². The van der Waals surface area contributed by atoms with Gasteiger partial charge >= 0.3 is 0 Å². The average molecular weight is 240 g/mol. The average Bonchev–Trinajstić information content (AvgIpc) is 2.58. The molecule has 2 atom stereocenters. The number of rotatable bonds is 2. The van der Waals surface area contributed by atoms with E-state index in [0.29, 0.717) is 12.5 Å². The summed E-state index contributed by atoms with van der Waals surface area (Å²) in [5.41, 5.74) is 0.494. The minimum absolute atomic E-state index is 0.457. The van der Waals surface area contributed by atoms with E-state index in [1.807, 2.05) is 6.92 Å². The predicted molar refractivity (Wildman–Crippen MR) is 66.8 cm³/mol. The van der Waals surface area contributed by atoms with Crippen molar-refractivity contribution in [3.05, 3.63) is 16.1 Å². The van der Waals surface area contributed by atoms with Crippen molar-refractivity contribution in [2.75, 3.05) is 13.6 Å². The second-order valence-electron chi connectivity index (χ2n) is 5.04. The molecule has 1 aromatic heterocycles. The smallest absolute Gasteiger partial charge is 0.0897 e. The van der Waals surface area contributed by atoms with Gasteiger partial charge in [0.15, 0.2) is 0 Å². The first kappa shape index (κ1) is 12.0. The third kappa shape index (κ3) is 2.62. The molecule has 2 rings (SSSR count). The zero-order valence-electron chi connectivity index (χ0n) is 10.2. The van der Waals surface area contributed by atoms with Crippen LogP contribution in [0.25, 0.3) is 0 Å². The van der Waals surface area contributed by atoms with Crippen molar-refractivity contribution >= 4 is 11.3 Å². The van der Waals surface area contributed by atoms with E-state index in [2.05, 4.69) is 29.2 Å². The van der Waals surface area contributed by atoms with E-state index >= 15 is 0 Å². The number of thiazole rings is 1.